The molecule has 3 aromatic carbocycles. The van der Waals surface area contributed by atoms with Crippen LogP contribution >= 0.6 is 0 Å². The quantitative estimate of drug-likeness (QED) is 0.0169. The van der Waals surface area contributed by atoms with Crippen LogP contribution in [0.15, 0.2) is 109 Å². The first-order valence-corrected chi connectivity index (χ1v) is 41.9. The molecular formula is C88H109F3N16O25. The molecule has 3 saturated carbocycles. The lowest BCUT2D eigenvalue weighted by atomic mass is 9.44. The predicted octanol–water partition coefficient (Wildman–Crippen LogP) is -3.01. The van der Waals surface area contributed by atoms with Gasteiger partial charge in [-0.2, -0.15) is 0 Å². The number of fused-ring (bicyclic) bond motifs is 7. The maximum Gasteiger partial charge on any atom is 0.323 e. The van der Waals surface area contributed by atoms with Crippen LogP contribution in [0, 0.1) is 28.5 Å². The number of rotatable bonds is 41. The normalized spacial score (nSPS) is 22.0. The molecule has 9 rings (SSSR count). The van der Waals surface area contributed by atoms with E-state index in [0.717, 1.165) is 84.3 Å². The standard InChI is InChI=1S/C88H109F3N16O25/c1-85-28-27-56(108)32-60(85)61(90)33-59-58-34-65-88(86(58,2)35-63(109)87(59,85)91,132-84(131-65)53-19-16-20-54(89)30-53)64(110)49-130-50-95-68(113)37-94-82(128)62(29-51-17-14-13-15-18-51)96-69(114)38-93-67(112)36-92-66(111)24-22-52-21-23-55(107-70(115)25-26-71(107)116)31-57(52)83(129)106(12)47-80(125)104(10)45-78(123)102(8)43-76(121)100(6)41-74(119)98(4)39-72(117)97(3)40-73(118)99(5)42-75(120)101(7)44-77(122)103(9)46-79(124)105(11)48-81(126)127/h13-21,23,25-28,30-32,58-59,61-63,65,84,109H,22,24,29,33-50H2,1-12H3,(H,92,111)(H,93,112)(H,94,128)(H,95,113)(H,96,114)(H,126,127)/t58-,59-,61-,62-,63-,65+,84+,85-,86-,87-,88+/m0/s1. The fourth-order valence-electron chi connectivity index (χ4n) is 17.0. The molecule has 2 heterocycles. The number of nitrogens with zero attached hydrogens (tertiary/aromatic N) is 11. The molecule has 6 aliphatic rings. The second kappa shape index (κ2) is 43.5. The van der Waals surface area contributed by atoms with Crippen molar-refractivity contribution in [1.82, 2.24) is 75.6 Å². The van der Waals surface area contributed by atoms with E-state index in [1.807, 2.05) is 0 Å². The number of aliphatic carboxylic acids is 1. The maximum atomic E-state index is 18.1. The van der Waals surface area contributed by atoms with E-state index in [1.165, 1.54) is 120 Å². The third kappa shape index (κ3) is 23.8. The molecule has 44 heteroatoms. The van der Waals surface area contributed by atoms with E-state index in [4.69, 9.17) is 19.3 Å². The van der Waals surface area contributed by atoms with Gasteiger partial charge in [-0.1, -0.05) is 61.5 Å². The van der Waals surface area contributed by atoms with Crippen LogP contribution in [0.25, 0.3) is 0 Å². The summed E-state index contributed by atoms with van der Waals surface area (Å²) in [4.78, 5) is 274. The Morgan fingerprint density at radius 3 is 1.54 bits per heavy atom. The Balaban J connectivity index is 0.703. The smallest absolute Gasteiger partial charge is 0.323 e. The molecule has 4 aliphatic carbocycles. The molecule has 0 aromatic heterocycles. The highest BCUT2D eigenvalue weighted by Crippen LogP contribution is 2.73. The van der Waals surface area contributed by atoms with Gasteiger partial charge in [-0.25, -0.2) is 18.1 Å². The van der Waals surface area contributed by atoms with Crippen molar-refractivity contribution >= 4 is 124 Å². The largest absolute Gasteiger partial charge is 0.480 e. The highest BCUT2D eigenvalue weighted by Gasteiger charge is 2.80. The number of aliphatic hydroxyl groups excluding tert-OH is 1. The summed E-state index contributed by atoms with van der Waals surface area (Å²) in [5, 5.41) is 33.1. The molecule has 712 valence electrons. The molecule has 11 atom stereocenters. The second-order valence-electron chi connectivity index (χ2n) is 34.0. The van der Waals surface area contributed by atoms with Crippen molar-refractivity contribution in [3.63, 3.8) is 0 Å². The topological polar surface area (TPSA) is 505 Å². The van der Waals surface area contributed by atoms with Crippen LogP contribution in [-0.2, 0) is 118 Å². The first kappa shape index (κ1) is 102. The molecule has 3 aromatic rings. The minimum absolute atomic E-state index is 0.0508. The number of carbonyl (C=O) groups excluding carboxylic acids is 19. The van der Waals surface area contributed by atoms with Gasteiger partial charge in [0.2, 0.25) is 82.7 Å². The Morgan fingerprint density at radius 2 is 1.03 bits per heavy atom. The first-order chi connectivity index (χ1) is 62.0. The third-order valence-electron chi connectivity index (χ3n) is 24.7. The molecule has 0 unspecified atom stereocenters. The Kier molecular flexibility index (Phi) is 33.7. The maximum absolute atomic E-state index is 18.1. The van der Waals surface area contributed by atoms with E-state index in [-0.39, 0.29) is 53.6 Å². The number of anilines is 1. The van der Waals surface area contributed by atoms with Crippen molar-refractivity contribution in [3.8, 4) is 0 Å². The Bertz CT molecular complexity index is 5140. The van der Waals surface area contributed by atoms with Crippen LogP contribution in [0.5, 0.6) is 0 Å². The summed E-state index contributed by atoms with van der Waals surface area (Å²) in [6.45, 7) is -6.04. The van der Waals surface area contributed by atoms with Gasteiger partial charge in [0.05, 0.1) is 96.4 Å². The van der Waals surface area contributed by atoms with Crippen molar-refractivity contribution in [2.75, 3.05) is 174 Å². The molecule has 0 bridgehead atoms. The van der Waals surface area contributed by atoms with Gasteiger partial charge in [0.15, 0.2) is 29.1 Å². The second-order valence-corrected chi connectivity index (χ2v) is 34.0. The predicted molar refractivity (Wildman–Crippen MR) is 457 cm³/mol. The zero-order chi connectivity index (χ0) is 97.5. The number of carbonyl (C=O) groups is 20. The number of ether oxygens (including phenoxy) is 3. The SMILES string of the molecule is CN(CC(=O)O)C(=O)CN(C)C(=O)CN(C)C(=O)CN(C)C(=O)CN(C)C(=O)CN(C)C(=O)CN(C)C(=O)CN(C)C(=O)CN(C)C(=O)CN(C)C(=O)c1cc(N2C(=O)C=CC2=O)ccc1CCC(=O)NCC(=O)NCC(=O)N[C@@H](Cc1ccccc1)C(=O)NCC(=O)NCOCC(=O)[C@@]12O[C@H](c3cccc(F)c3)O[C@@H]1C[C@H]1[C@@H]3C[C@H](F)C4=CC(=O)C=C[C@]4(C)[C@@]3(F)[C@@H](O)C[C@@]12C. The lowest BCUT2D eigenvalue weighted by molar-refractivity contribution is -0.235. The molecular weight excluding hydrogens is 1740 g/mol. The van der Waals surface area contributed by atoms with Crippen LogP contribution in [0.3, 0.4) is 0 Å². The molecule has 41 nitrogen and oxygen atoms in total. The van der Waals surface area contributed by atoms with Crippen LogP contribution in [0.1, 0.15) is 72.9 Å². The van der Waals surface area contributed by atoms with Gasteiger partial charge >= 0.3 is 5.97 Å². The van der Waals surface area contributed by atoms with Gasteiger partial charge in [-0.05, 0) is 91.6 Å². The number of halogens is 3. The molecule has 17 amide bonds. The average Bonchev–Trinajstić information content (AvgIpc) is 1.59. The molecule has 2 aliphatic heterocycles. The van der Waals surface area contributed by atoms with E-state index in [0.29, 0.717) is 5.56 Å². The number of aryl methyl sites for hydroxylation is 1. The zero-order valence-corrected chi connectivity index (χ0v) is 75.0. The highest BCUT2D eigenvalue weighted by molar-refractivity contribution is 6.28. The number of likely N-dealkylation sites (N-methyl/N-ethyl adjacent to an activating group) is 10. The van der Waals surface area contributed by atoms with E-state index in [2.05, 4.69) is 26.6 Å². The van der Waals surface area contributed by atoms with Gasteiger partial charge in [0.25, 0.3) is 17.7 Å². The summed E-state index contributed by atoms with van der Waals surface area (Å²) < 4.78 is 67.8. The Labute approximate surface area is 757 Å². The molecule has 0 radical (unpaired) electrons. The van der Waals surface area contributed by atoms with Gasteiger partial charge < -0.3 is 100 Å². The third-order valence-corrected chi connectivity index (χ3v) is 24.7. The lowest BCUT2D eigenvalue weighted by Crippen LogP contribution is -2.70. The van der Waals surface area contributed by atoms with Crippen LogP contribution in [0.4, 0.5) is 18.9 Å². The van der Waals surface area contributed by atoms with Gasteiger partial charge in [0.1, 0.15) is 37.9 Å². The van der Waals surface area contributed by atoms with Crippen LogP contribution < -0.4 is 31.5 Å². The fraction of sp³-hybridized carbons (Fsp3) is 0.500. The molecule has 7 N–H and O–H groups in total. The number of amides is 17. The van der Waals surface area contributed by atoms with E-state index < -0.39 is 300 Å². The number of nitrogens with one attached hydrogen (secondary N) is 5. The van der Waals surface area contributed by atoms with Crippen molar-refractivity contribution in [2.45, 2.75) is 94.4 Å². The highest BCUT2D eigenvalue weighted by atomic mass is 19.1. The monoisotopic (exact) mass is 1850 g/mol. The van der Waals surface area contributed by atoms with Crippen LogP contribution in [0.2, 0.25) is 0 Å². The summed E-state index contributed by atoms with van der Waals surface area (Å²) in [7, 11) is 12.6. The van der Waals surface area contributed by atoms with Gasteiger partial charge in [-0.15, -0.1) is 0 Å². The summed E-state index contributed by atoms with van der Waals surface area (Å²) in [6.07, 6.45) is -2.21. The summed E-state index contributed by atoms with van der Waals surface area (Å²) in [5.74, 6) is -18.2. The molecule has 1 saturated heterocycles. The van der Waals surface area contributed by atoms with Gasteiger partial charge in [-0.3, -0.25) is 95.9 Å². The number of benzene rings is 3. The molecule has 132 heavy (non-hydrogen) atoms. The number of Topliss-reactive ketones (excluding diaryl/α,β-unsaturated/α-hetero) is 1. The Hall–Kier alpha value is -13.5. The first-order valence-electron chi connectivity index (χ1n) is 41.9. The van der Waals surface area contributed by atoms with E-state index in [9.17, 15) is 105 Å². The number of alkyl halides is 2. The summed E-state index contributed by atoms with van der Waals surface area (Å²) >= 11 is 0. The molecule has 0 spiro atoms. The zero-order valence-electron chi connectivity index (χ0n) is 75.0. The van der Waals surface area contributed by atoms with Crippen molar-refractivity contribution in [3.05, 3.63) is 137 Å². The van der Waals surface area contributed by atoms with Gasteiger partial charge in [0, 0.05) is 123 Å². The van der Waals surface area contributed by atoms with Crippen molar-refractivity contribution in [2.24, 2.45) is 22.7 Å². The summed E-state index contributed by atoms with van der Waals surface area (Å²) in [5.41, 5.74) is -7.10. The lowest BCUT2D eigenvalue weighted by Gasteiger charge is -2.63. The number of aliphatic hydroxyl groups is 1. The number of carboxylic acids is 1. The number of hydrogen-bond acceptors (Lipinski definition) is 24. The average molecular weight is 1850 g/mol. The Morgan fingerprint density at radius 1 is 0.553 bits per heavy atom. The number of allylic oxidation sites excluding steroid dienone is 4. The van der Waals surface area contributed by atoms with Crippen molar-refractivity contribution in [1.29, 1.82) is 0 Å². The minimum Gasteiger partial charge on any atom is -0.480 e. The number of imide groups is 1. The number of ketones is 2. The fourth-order valence-corrected chi connectivity index (χ4v) is 17.0. The number of hydrogen-bond donors (Lipinski definition) is 7. The van der Waals surface area contributed by atoms with E-state index in [1.54, 1.807) is 37.3 Å². The number of carboxylic acid groups (broad SMARTS) is 1. The molecule has 4 fully saturated rings. The van der Waals surface area contributed by atoms with Crippen molar-refractivity contribution < 1.29 is 133 Å². The summed E-state index contributed by atoms with van der Waals surface area (Å²) in [6, 6.07) is 16.2. The van der Waals surface area contributed by atoms with Crippen LogP contribution in [-0.4, -0.2) is 382 Å². The minimum atomic E-state index is -2.51. The van der Waals surface area contributed by atoms with E-state index >= 15 is 8.78 Å².